The number of aromatic nitrogens is 2. The number of hydrogen-bond acceptors (Lipinski definition) is 6. The van der Waals surface area contributed by atoms with Gasteiger partial charge in [-0.15, -0.1) is 0 Å². The zero-order valence-corrected chi connectivity index (χ0v) is 11.2. The van der Waals surface area contributed by atoms with Crippen LogP contribution in [0.15, 0.2) is 0 Å². The molecule has 2 heterocycles. The first-order chi connectivity index (χ1) is 9.13. The van der Waals surface area contributed by atoms with Gasteiger partial charge in [0.1, 0.15) is 11.6 Å². The maximum absolute atomic E-state index is 11.7. The number of hydrogen-bond donors (Lipinski definition) is 1. The molecule has 1 unspecified atom stereocenters. The van der Waals surface area contributed by atoms with Gasteiger partial charge in [0.2, 0.25) is 0 Å². The van der Waals surface area contributed by atoms with E-state index in [0.717, 1.165) is 0 Å². The van der Waals surface area contributed by atoms with E-state index in [-0.39, 0.29) is 11.8 Å². The molecular weight excluding hydrogens is 250 g/mol. The van der Waals surface area contributed by atoms with Gasteiger partial charge in [0, 0.05) is 0 Å². The average molecular weight is 269 g/mol. The molecule has 7 nitrogen and oxygen atoms in total. The molecule has 1 saturated heterocycles. The molecule has 0 radical (unpaired) electrons. The summed E-state index contributed by atoms with van der Waals surface area (Å²) in [6.45, 7) is 6.06. The predicted octanol–water partition coefficient (Wildman–Crippen LogP) is 0.366. The van der Waals surface area contributed by atoms with E-state index in [9.17, 15) is 4.79 Å². The summed E-state index contributed by atoms with van der Waals surface area (Å²) in [5.74, 6) is 0.475. The highest BCUT2D eigenvalue weighted by molar-refractivity contribution is 5.92. The zero-order chi connectivity index (χ0) is 13.8. The fourth-order valence-electron chi connectivity index (χ4n) is 2.01. The molecule has 2 N–H and O–H groups in total. The molecule has 0 saturated carbocycles. The molecule has 0 aliphatic carbocycles. The first kappa shape index (κ1) is 13.8. The van der Waals surface area contributed by atoms with Crippen molar-refractivity contribution in [1.82, 2.24) is 9.55 Å². The van der Waals surface area contributed by atoms with Crippen LogP contribution in [-0.2, 0) is 20.8 Å². The van der Waals surface area contributed by atoms with E-state index in [1.54, 1.807) is 18.4 Å². The second-order valence-electron chi connectivity index (χ2n) is 4.29. The largest absolute Gasteiger partial charge is 0.461 e. The molecule has 1 fully saturated rings. The molecule has 1 atom stereocenters. The summed E-state index contributed by atoms with van der Waals surface area (Å²) >= 11 is 0. The van der Waals surface area contributed by atoms with Crippen LogP contribution in [0.25, 0.3) is 0 Å². The first-order valence-electron chi connectivity index (χ1n) is 6.32. The van der Waals surface area contributed by atoms with Crippen LogP contribution < -0.4 is 5.73 Å². The smallest absolute Gasteiger partial charge is 0.360 e. The Hall–Kier alpha value is -1.60. The van der Waals surface area contributed by atoms with E-state index in [0.29, 0.717) is 44.6 Å². The number of ether oxygens (including phenoxy) is 3. The van der Waals surface area contributed by atoms with Gasteiger partial charge in [-0.05, 0) is 13.8 Å². The van der Waals surface area contributed by atoms with E-state index in [4.69, 9.17) is 19.9 Å². The van der Waals surface area contributed by atoms with Crippen molar-refractivity contribution in [3.8, 4) is 0 Å². The number of esters is 1. The van der Waals surface area contributed by atoms with E-state index in [2.05, 4.69) is 4.98 Å². The van der Waals surface area contributed by atoms with Gasteiger partial charge < -0.3 is 24.5 Å². The summed E-state index contributed by atoms with van der Waals surface area (Å²) in [7, 11) is 0. The third kappa shape index (κ3) is 3.05. The Balaban J connectivity index is 2.14. The average Bonchev–Trinajstić information content (AvgIpc) is 2.68. The number of rotatable bonds is 4. The Kier molecular flexibility index (Phi) is 4.39. The first-order valence-corrected chi connectivity index (χ1v) is 6.32. The van der Waals surface area contributed by atoms with Gasteiger partial charge in [0.25, 0.3) is 0 Å². The highest BCUT2D eigenvalue weighted by atomic mass is 16.6. The monoisotopic (exact) mass is 269 g/mol. The van der Waals surface area contributed by atoms with Crippen molar-refractivity contribution >= 4 is 11.8 Å². The molecule has 0 amide bonds. The van der Waals surface area contributed by atoms with Crippen LogP contribution in [0.3, 0.4) is 0 Å². The summed E-state index contributed by atoms with van der Waals surface area (Å²) in [6.07, 6.45) is -0.0704. The van der Waals surface area contributed by atoms with Gasteiger partial charge in [0.15, 0.2) is 5.69 Å². The van der Waals surface area contributed by atoms with Crippen LogP contribution in [0, 0.1) is 6.92 Å². The number of nitrogens with two attached hydrogens (primary N) is 1. The lowest BCUT2D eigenvalue weighted by molar-refractivity contribution is -0.0935. The molecule has 106 valence electrons. The van der Waals surface area contributed by atoms with Crippen LogP contribution in [0.4, 0.5) is 5.82 Å². The summed E-state index contributed by atoms with van der Waals surface area (Å²) in [5, 5.41) is 0. The zero-order valence-electron chi connectivity index (χ0n) is 11.2. The van der Waals surface area contributed by atoms with Crippen molar-refractivity contribution in [1.29, 1.82) is 0 Å². The molecule has 0 aromatic carbocycles. The highest BCUT2D eigenvalue weighted by Gasteiger charge is 2.23. The summed E-state index contributed by atoms with van der Waals surface area (Å²) < 4.78 is 17.6. The van der Waals surface area contributed by atoms with Crippen molar-refractivity contribution in [2.24, 2.45) is 0 Å². The normalized spacial score (nSPS) is 19.4. The number of aryl methyl sites for hydroxylation is 1. The Labute approximate surface area is 111 Å². The van der Waals surface area contributed by atoms with E-state index in [1.165, 1.54) is 0 Å². The molecule has 0 spiro atoms. The van der Waals surface area contributed by atoms with E-state index in [1.807, 2.05) is 0 Å². The lowest BCUT2D eigenvalue weighted by Gasteiger charge is -2.24. The number of anilines is 1. The van der Waals surface area contributed by atoms with Crippen LogP contribution in [0.5, 0.6) is 0 Å². The highest BCUT2D eigenvalue weighted by Crippen LogP contribution is 2.17. The number of nitrogen functional groups attached to an aromatic ring is 1. The van der Waals surface area contributed by atoms with Crippen molar-refractivity contribution in [3.05, 3.63) is 11.5 Å². The molecular formula is C12H19N3O4. The molecule has 1 aliphatic heterocycles. The van der Waals surface area contributed by atoms with Crippen LogP contribution >= 0.6 is 0 Å². The maximum atomic E-state index is 11.7. The minimum atomic E-state index is -0.498. The van der Waals surface area contributed by atoms with Gasteiger partial charge in [-0.3, -0.25) is 0 Å². The third-order valence-corrected chi connectivity index (χ3v) is 2.94. The van der Waals surface area contributed by atoms with Crippen LogP contribution in [0.2, 0.25) is 0 Å². The fraction of sp³-hybridized carbons (Fsp3) is 0.667. The molecule has 1 aromatic heterocycles. The quantitative estimate of drug-likeness (QED) is 0.794. The van der Waals surface area contributed by atoms with E-state index < -0.39 is 5.97 Å². The second-order valence-corrected chi connectivity index (χ2v) is 4.29. The Morgan fingerprint density at radius 2 is 2.37 bits per heavy atom. The molecule has 1 aromatic rings. The number of imidazole rings is 1. The molecule has 1 aliphatic rings. The van der Waals surface area contributed by atoms with Crippen molar-refractivity contribution < 1.29 is 19.0 Å². The summed E-state index contributed by atoms with van der Waals surface area (Å²) in [6, 6.07) is 0. The number of nitrogens with zero attached hydrogens (tertiary/aromatic N) is 2. The van der Waals surface area contributed by atoms with Crippen molar-refractivity contribution in [2.45, 2.75) is 26.5 Å². The summed E-state index contributed by atoms with van der Waals surface area (Å²) in [4.78, 5) is 15.9. The predicted molar refractivity (Wildman–Crippen MR) is 67.9 cm³/mol. The number of carbonyl (C=O) groups excluding carboxylic acids is 1. The van der Waals surface area contributed by atoms with Gasteiger partial charge >= 0.3 is 5.97 Å². The molecule has 19 heavy (non-hydrogen) atoms. The fourth-order valence-corrected chi connectivity index (χ4v) is 2.01. The third-order valence-electron chi connectivity index (χ3n) is 2.94. The lowest BCUT2D eigenvalue weighted by Crippen LogP contribution is -2.32. The molecule has 0 bridgehead atoms. The molecule has 7 heteroatoms. The summed E-state index contributed by atoms with van der Waals surface area (Å²) in [5.41, 5.74) is 6.12. The minimum absolute atomic E-state index is 0.0704. The van der Waals surface area contributed by atoms with Gasteiger partial charge in [-0.1, -0.05) is 0 Å². The van der Waals surface area contributed by atoms with Crippen LogP contribution in [0.1, 0.15) is 23.2 Å². The van der Waals surface area contributed by atoms with Crippen molar-refractivity contribution in [3.63, 3.8) is 0 Å². The Morgan fingerprint density at radius 1 is 1.58 bits per heavy atom. The van der Waals surface area contributed by atoms with Crippen molar-refractivity contribution in [2.75, 3.05) is 32.2 Å². The number of carbonyl (C=O) groups is 1. The molecule has 2 rings (SSSR count). The van der Waals surface area contributed by atoms with Crippen LogP contribution in [-0.4, -0.2) is 48.1 Å². The van der Waals surface area contributed by atoms with E-state index >= 15 is 0 Å². The topological polar surface area (TPSA) is 88.6 Å². The SMILES string of the molecule is CCOC(=O)c1nc(C)n(CC2COCCO2)c1N. The second kappa shape index (κ2) is 6.03. The Bertz CT molecular complexity index is 452. The van der Waals surface area contributed by atoms with Gasteiger partial charge in [0.05, 0.1) is 39.1 Å². The Morgan fingerprint density at radius 3 is 3.00 bits per heavy atom. The lowest BCUT2D eigenvalue weighted by atomic mass is 10.3. The standard InChI is InChI=1S/C12H19N3O4/c1-3-18-12(16)10-11(13)15(8(2)14-10)6-9-7-17-4-5-19-9/h9H,3-7,13H2,1-2H3. The minimum Gasteiger partial charge on any atom is -0.461 e. The maximum Gasteiger partial charge on any atom is 0.360 e. The van der Waals surface area contributed by atoms with Gasteiger partial charge in [-0.25, -0.2) is 9.78 Å². The van der Waals surface area contributed by atoms with Gasteiger partial charge in [-0.2, -0.15) is 0 Å².